The zero-order valence-electron chi connectivity index (χ0n) is 20.8. The molecule has 2 fully saturated rings. The Bertz CT molecular complexity index is 1450. The van der Waals surface area contributed by atoms with E-state index in [4.69, 9.17) is 10.5 Å². The fourth-order valence-electron chi connectivity index (χ4n) is 5.66. The Labute approximate surface area is 218 Å². The first-order valence-electron chi connectivity index (χ1n) is 13.0. The molecule has 1 saturated carbocycles. The van der Waals surface area contributed by atoms with Crippen LogP contribution >= 0.6 is 0 Å². The Morgan fingerprint density at radius 2 is 1.84 bits per heavy atom. The van der Waals surface area contributed by atoms with Crippen molar-refractivity contribution in [1.82, 2.24) is 19.6 Å². The summed E-state index contributed by atoms with van der Waals surface area (Å²) in [5.74, 6) is -1.05. The molecule has 7 nitrogen and oxygen atoms in total. The molecule has 4 aromatic rings. The monoisotopic (exact) mass is 522 g/mol. The molecule has 1 saturated heterocycles. The van der Waals surface area contributed by atoms with Crippen LogP contribution < -0.4 is 11.1 Å². The van der Waals surface area contributed by atoms with Crippen molar-refractivity contribution < 1.29 is 17.9 Å². The zero-order chi connectivity index (χ0) is 26.3. The highest BCUT2D eigenvalue weighted by atomic mass is 19.1. The molecule has 3 aromatic heterocycles. The van der Waals surface area contributed by atoms with Crippen molar-refractivity contribution in [2.45, 2.75) is 56.2 Å². The number of nitrogens with zero attached hydrogens (tertiary/aromatic N) is 4. The van der Waals surface area contributed by atoms with Crippen molar-refractivity contribution in [3.05, 3.63) is 71.7 Å². The number of aromatic nitrogens is 4. The topological polar surface area (TPSA) is 90.4 Å². The first kappa shape index (κ1) is 24.8. The summed E-state index contributed by atoms with van der Waals surface area (Å²) in [6, 6.07) is 7.51. The Morgan fingerprint density at radius 1 is 1.05 bits per heavy atom. The molecule has 0 spiro atoms. The minimum atomic E-state index is -1.82. The summed E-state index contributed by atoms with van der Waals surface area (Å²) in [6.07, 6.45) is 9.27. The molecule has 2 atom stereocenters. The van der Waals surface area contributed by atoms with Gasteiger partial charge in [-0.05, 0) is 66.6 Å². The van der Waals surface area contributed by atoms with Crippen molar-refractivity contribution in [2.24, 2.45) is 5.73 Å². The number of nitrogens with two attached hydrogens (primary N) is 1. The maximum Gasteiger partial charge on any atom is 0.229 e. The predicted octanol–water partition coefficient (Wildman–Crippen LogP) is 5.77. The molecule has 0 radical (unpaired) electrons. The number of hydrogen-bond donors (Lipinski definition) is 2. The number of fused-ring (bicyclic) bond motifs is 1. The average Bonchev–Trinajstić information content (AvgIpc) is 3.31. The Kier molecular flexibility index (Phi) is 6.53. The maximum atomic E-state index is 15.4. The third-order valence-corrected chi connectivity index (χ3v) is 7.74. The highest BCUT2D eigenvalue weighted by Crippen LogP contribution is 2.39. The van der Waals surface area contributed by atoms with Gasteiger partial charge in [0.2, 0.25) is 5.95 Å². The van der Waals surface area contributed by atoms with Gasteiger partial charge in [-0.3, -0.25) is 4.98 Å². The SMILES string of the molecule is NC1CCCC(c2ccncc2Nc2ncc3ccc(-c4c(F)cc(C5(F)CCOCC5)cc4F)nn23)C1. The fourth-order valence-corrected chi connectivity index (χ4v) is 5.66. The van der Waals surface area contributed by atoms with E-state index in [0.29, 0.717) is 17.4 Å². The molecule has 0 bridgehead atoms. The van der Waals surface area contributed by atoms with Gasteiger partial charge < -0.3 is 15.8 Å². The molecule has 6 rings (SSSR count). The lowest BCUT2D eigenvalue weighted by atomic mass is 9.81. The van der Waals surface area contributed by atoms with Crippen LogP contribution in [-0.2, 0) is 10.4 Å². The van der Waals surface area contributed by atoms with E-state index in [-0.39, 0.29) is 48.9 Å². The van der Waals surface area contributed by atoms with Crippen LogP contribution in [0.25, 0.3) is 16.8 Å². The van der Waals surface area contributed by atoms with E-state index in [0.717, 1.165) is 49.1 Å². The smallest absolute Gasteiger partial charge is 0.229 e. The molecule has 3 N–H and O–H groups in total. The van der Waals surface area contributed by atoms with Crippen LogP contribution in [0, 0.1) is 11.6 Å². The second-order valence-corrected chi connectivity index (χ2v) is 10.2. The highest BCUT2D eigenvalue weighted by molar-refractivity contribution is 5.66. The van der Waals surface area contributed by atoms with Crippen molar-refractivity contribution >= 4 is 17.2 Å². The van der Waals surface area contributed by atoms with Crippen molar-refractivity contribution in [1.29, 1.82) is 0 Å². The normalized spacial score (nSPS) is 21.5. The zero-order valence-corrected chi connectivity index (χ0v) is 20.8. The summed E-state index contributed by atoms with van der Waals surface area (Å²) in [5, 5.41) is 7.80. The van der Waals surface area contributed by atoms with E-state index in [1.54, 1.807) is 24.7 Å². The molecule has 38 heavy (non-hydrogen) atoms. The van der Waals surface area contributed by atoms with E-state index in [1.807, 2.05) is 6.07 Å². The molecule has 4 heterocycles. The van der Waals surface area contributed by atoms with Crippen LogP contribution in [0.2, 0.25) is 0 Å². The van der Waals surface area contributed by atoms with Crippen LogP contribution in [0.1, 0.15) is 55.6 Å². The number of hydrogen-bond acceptors (Lipinski definition) is 6. The van der Waals surface area contributed by atoms with E-state index < -0.39 is 17.3 Å². The number of alkyl halides is 1. The second kappa shape index (κ2) is 9.99. The quantitative estimate of drug-likeness (QED) is 0.346. The van der Waals surface area contributed by atoms with Gasteiger partial charge in [-0.1, -0.05) is 6.42 Å². The Hall–Kier alpha value is -3.50. The third kappa shape index (κ3) is 4.63. The lowest BCUT2D eigenvalue weighted by Gasteiger charge is -2.30. The molecule has 0 amide bonds. The summed E-state index contributed by atoms with van der Waals surface area (Å²) >= 11 is 0. The van der Waals surface area contributed by atoms with Gasteiger partial charge in [0.05, 0.1) is 34.9 Å². The van der Waals surface area contributed by atoms with Crippen LogP contribution in [-0.4, -0.2) is 38.8 Å². The van der Waals surface area contributed by atoms with E-state index in [2.05, 4.69) is 20.4 Å². The van der Waals surface area contributed by atoms with Gasteiger partial charge in [0.15, 0.2) is 0 Å². The molecule has 1 aliphatic carbocycles. The summed E-state index contributed by atoms with van der Waals surface area (Å²) in [7, 11) is 0. The Balaban J connectivity index is 1.34. The largest absolute Gasteiger partial charge is 0.381 e. The molecule has 1 aliphatic heterocycles. The minimum absolute atomic E-state index is 0.0165. The maximum absolute atomic E-state index is 15.4. The number of pyridine rings is 1. The number of ether oxygens (including phenoxy) is 1. The van der Waals surface area contributed by atoms with Gasteiger partial charge in [-0.15, -0.1) is 0 Å². The molecule has 10 heteroatoms. The lowest BCUT2D eigenvalue weighted by Crippen LogP contribution is -2.29. The van der Waals surface area contributed by atoms with Crippen LogP contribution in [0.5, 0.6) is 0 Å². The number of halogens is 3. The standard InChI is InChI=1S/C28H29F3N6O/c29-22-13-18(28(31)7-10-38-11-8-28)14-23(30)26(22)24-5-4-20-15-34-27(37(20)36-24)35-25-16-33-9-6-21(25)17-2-1-3-19(32)12-17/h4-6,9,13-17,19H,1-3,7-8,10-12,32H2,(H,34,35). The summed E-state index contributed by atoms with van der Waals surface area (Å²) in [4.78, 5) is 8.72. The van der Waals surface area contributed by atoms with Crippen molar-refractivity contribution in [3.8, 4) is 11.3 Å². The number of anilines is 2. The highest BCUT2D eigenvalue weighted by Gasteiger charge is 2.36. The van der Waals surface area contributed by atoms with Gasteiger partial charge >= 0.3 is 0 Å². The van der Waals surface area contributed by atoms with Crippen molar-refractivity contribution in [3.63, 3.8) is 0 Å². The summed E-state index contributed by atoms with van der Waals surface area (Å²) in [6.45, 7) is 0.421. The minimum Gasteiger partial charge on any atom is -0.381 e. The first-order valence-corrected chi connectivity index (χ1v) is 13.0. The van der Waals surface area contributed by atoms with E-state index in [9.17, 15) is 0 Å². The van der Waals surface area contributed by atoms with Gasteiger partial charge in [0.1, 0.15) is 17.3 Å². The summed E-state index contributed by atoms with van der Waals surface area (Å²) < 4.78 is 52.6. The predicted molar refractivity (Wildman–Crippen MR) is 138 cm³/mol. The van der Waals surface area contributed by atoms with Crippen molar-refractivity contribution in [2.75, 3.05) is 18.5 Å². The number of rotatable bonds is 5. The van der Waals surface area contributed by atoms with Gasteiger partial charge in [-0.2, -0.15) is 9.61 Å². The van der Waals surface area contributed by atoms with Crippen LogP contribution in [0.4, 0.5) is 24.8 Å². The summed E-state index contributed by atoms with van der Waals surface area (Å²) in [5.41, 5.74) is 6.68. The molecule has 1 aromatic carbocycles. The number of imidazole rings is 1. The number of nitrogens with one attached hydrogen (secondary N) is 1. The molecule has 2 unspecified atom stereocenters. The second-order valence-electron chi connectivity index (χ2n) is 10.2. The average molecular weight is 523 g/mol. The third-order valence-electron chi connectivity index (χ3n) is 7.74. The first-order chi connectivity index (χ1) is 18.4. The molecule has 2 aliphatic rings. The van der Waals surface area contributed by atoms with Crippen LogP contribution in [0.3, 0.4) is 0 Å². The fraction of sp³-hybridized carbons (Fsp3) is 0.393. The Morgan fingerprint density at radius 3 is 2.61 bits per heavy atom. The van der Waals surface area contributed by atoms with E-state index >= 15 is 13.2 Å². The van der Waals surface area contributed by atoms with Gasteiger partial charge in [0, 0.05) is 38.3 Å². The number of benzene rings is 1. The lowest BCUT2D eigenvalue weighted by molar-refractivity contribution is -0.0117. The van der Waals surface area contributed by atoms with Crippen LogP contribution in [0.15, 0.2) is 48.9 Å². The molecular formula is C28H29F3N6O. The van der Waals surface area contributed by atoms with Gasteiger partial charge in [0.25, 0.3) is 0 Å². The van der Waals surface area contributed by atoms with E-state index in [1.165, 1.54) is 10.6 Å². The van der Waals surface area contributed by atoms with Gasteiger partial charge in [-0.25, -0.2) is 18.2 Å². The molecular weight excluding hydrogens is 493 g/mol. The molecule has 198 valence electrons.